The maximum Gasteiger partial charge on any atom is 0.103 e. The Morgan fingerprint density at radius 3 is 3.06 bits per heavy atom. The molecule has 0 aliphatic carbocycles. The van der Waals surface area contributed by atoms with Gasteiger partial charge in [-0.15, -0.1) is 0 Å². The van der Waals surface area contributed by atoms with Crippen molar-refractivity contribution in [1.82, 2.24) is 9.78 Å². The average molecular weight is 220 g/mol. The quantitative estimate of drug-likeness (QED) is 0.840. The van der Waals surface area contributed by atoms with Crippen LogP contribution in [0.15, 0.2) is 35.1 Å². The van der Waals surface area contributed by atoms with Crippen LogP contribution in [-0.2, 0) is 13.0 Å². The number of furan rings is 1. The molecule has 2 aromatic heterocycles. The molecule has 0 aliphatic rings. The molecule has 16 heavy (non-hydrogen) atoms. The standard InChI is InChI=1S/C12H16N2O2/c1-2-14-11(7-8-13-14)12(15)6-5-10-4-3-9-16-10/h3-4,7-9,12,15H,2,5-6H2,1H3. The Bertz CT molecular complexity index is 420. The maximum absolute atomic E-state index is 10.0. The number of hydrogen-bond donors (Lipinski definition) is 1. The van der Waals surface area contributed by atoms with Crippen molar-refractivity contribution in [3.63, 3.8) is 0 Å². The summed E-state index contributed by atoms with van der Waals surface area (Å²) in [7, 11) is 0. The Morgan fingerprint density at radius 1 is 1.50 bits per heavy atom. The molecule has 0 bridgehead atoms. The van der Waals surface area contributed by atoms with Crippen LogP contribution in [0, 0.1) is 0 Å². The highest BCUT2D eigenvalue weighted by Gasteiger charge is 2.12. The first-order valence-corrected chi connectivity index (χ1v) is 5.53. The molecule has 0 fully saturated rings. The van der Waals surface area contributed by atoms with Crippen LogP contribution in [0.3, 0.4) is 0 Å². The monoisotopic (exact) mass is 220 g/mol. The molecule has 2 aromatic rings. The third-order valence-electron chi connectivity index (χ3n) is 2.63. The van der Waals surface area contributed by atoms with Gasteiger partial charge in [0.25, 0.3) is 0 Å². The minimum atomic E-state index is -0.479. The molecular weight excluding hydrogens is 204 g/mol. The molecule has 0 saturated carbocycles. The molecule has 86 valence electrons. The molecule has 2 heterocycles. The summed E-state index contributed by atoms with van der Waals surface area (Å²) in [5.41, 5.74) is 0.869. The van der Waals surface area contributed by atoms with E-state index >= 15 is 0 Å². The highest BCUT2D eigenvalue weighted by atomic mass is 16.3. The lowest BCUT2D eigenvalue weighted by Crippen LogP contribution is -2.08. The molecule has 0 aromatic carbocycles. The molecule has 0 radical (unpaired) electrons. The van der Waals surface area contributed by atoms with Crippen LogP contribution in [0.1, 0.15) is 30.9 Å². The summed E-state index contributed by atoms with van der Waals surface area (Å²) in [4.78, 5) is 0. The SMILES string of the molecule is CCn1nccc1C(O)CCc1ccco1. The zero-order valence-electron chi connectivity index (χ0n) is 9.34. The van der Waals surface area contributed by atoms with Crippen molar-refractivity contribution in [3.8, 4) is 0 Å². The van der Waals surface area contributed by atoms with Crippen LogP contribution in [0.25, 0.3) is 0 Å². The lowest BCUT2D eigenvalue weighted by molar-refractivity contribution is 0.154. The minimum Gasteiger partial charge on any atom is -0.469 e. The summed E-state index contributed by atoms with van der Waals surface area (Å²) in [6.45, 7) is 2.79. The van der Waals surface area contributed by atoms with Gasteiger partial charge in [-0.05, 0) is 31.5 Å². The Morgan fingerprint density at radius 2 is 2.38 bits per heavy atom. The van der Waals surface area contributed by atoms with Crippen LogP contribution >= 0.6 is 0 Å². The topological polar surface area (TPSA) is 51.2 Å². The van der Waals surface area contributed by atoms with E-state index in [1.807, 2.05) is 29.8 Å². The summed E-state index contributed by atoms with van der Waals surface area (Å²) in [6.07, 6.45) is 4.28. The van der Waals surface area contributed by atoms with Crippen molar-refractivity contribution >= 4 is 0 Å². The fourth-order valence-corrected chi connectivity index (χ4v) is 1.77. The molecule has 0 spiro atoms. The molecule has 0 saturated heterocycles. The van der Waals surface area contributed by atoms with Crippen LogP contribution < -0.4 is 0 Å². The number of aliphatic hydroxyl groups is 1. The molecule has 4 nitrogen and oxygen atoms in total. The van der Waals surface area contributed by atoms with Crippen LogP contribution in [-0.4, -0.2) is 14.9 Å². The van der Waals surface area contributed by atoms with Crippen molar-refractivity contribution in [3.05, 3.63) is 42.1 Å². The van der Waals surface area contributed by atoms with Gasteiger partial charge in [-0.3, -0.25) is 4.68 Å². The summed E-state index contributed by atoms with van der Waals surface area (Å²) >= 11 is 0. The van der Waals surface area contributed by atoms with E-state index in [1.54, 1.807) is 12.5 Å². The van der Waals surface area contributed by atoms with Crippen LogP contribution in [0.5, 0.6) is 0 Å². The number of aromatic nitrogens is 2. The first-order valence-electron chi connectivity index (χ1n) is 5.53. The number of rotatable bonds is 5. The normalized spacial score (nSPS) is 12.9. The predicted octanol–water partition coefficient (Wildman–Crippen LogP) is 2.16. The summed E-state index contributed by atoms with van der Waals surface area (Å²) < 4.78 is 7.04. The van der Waals surface area contributed by atoms with Gasteiger partial charge >= 0.3 is 0 Å². The van der Waals surface area contributed by atoms with Gasteiger partial charge in [-0.2, -0.15) is 5.10 Å². The maximum atomic E-state index is 10.0. The summed E-state index contributed by atoms with van der Waals surface area (Å²) in [6, 6.07) is 5.64. The third-order valence-corrected chi connectivity index (χ3v) is 2.63. The van der Waals surface area contributed by atoms with Gasteiger partial charge in [0.15, 0.2) is 0 Å². The van der Waals surface area contributed by atoms with E-state index < -0.39 is 6.10 Å². The molecule has 1 N–H and O–H groups in total. The number of nitrogens with zero attached hydrogens (tertiary/aromatic N) is 2. The second kappa shape index (κ2) is 4.99. The van der Waals surface area contributed by atoms with Gasteiger partial charge in [0.05, 0.1) is 18.1 Å². The van der Waals surface area contributed by atoms with E-state index in [4.69, 9.17) is 4.42 Å². The Labute approximate surface area is 94.5 Å². The Balaban J connectivity index is 1.95. The third kappa shape index (κ3) is 2.33. The van der Waals surface area contributed by atoms with Crippen molar-refractivity contribution < 1.29 is 9.52 Å². The Hall–Kier alpha value is -1.55. The van der Waals surface area contributed by atoms with Gasteiger partial charge in [0.1, 0.15) is 5.76 Å². The van der Waals surface area contributed by atoms with E-state index in [2.05, 4.69) is 5.10 Å². The molecule has 2 rings (SSSR count). The van der Waals surface area contributed by atoms with Crippen molar-refractivity contribution in [2.24, 2.45) is 0 Å². The first kappa shape index (κ1) is 11.0. The average Bonchev–Trinajstić information content (AvgIpc) is 2.96. The highest BCUT2D eigenvalue weighted by molar-refractivity contribution is 5.06. The number of aryl methyl sites for hydroxylation is 2. The fourth-order valence-electron chi connectivity index (χ4n) is 1.77. The minimum absolute atomic E-state index is 0.479. The van der Waals surface area contributed by atoms with Crippen molar-refractivity contribution in [1.29, 1.82) is 0 Å². The lowest BCUT2D eigenvalue weighted by Gasteiger charge is -2.11. The molecular formula is C12H16N2O2. The van der Waals surface area contributed by atoms with Crippen LogP contribution in [0.2, 0.25) is 0 Å². The van der Waals surface area contributed by atoms with Gasteiger partial charge in [0, 0.05) is 19.2 Å². The highest BCUT2D eigenvalue weighted by Crippen LogP contribution is 2.18. The fraction of sp³-hybridized carbons (Fsp3) is 0.417. The van der Waals surface area contributed by atoms with E-state index in [0.29, 0.717) is 6.42 Å². The summed E-state index contributed by atoms with van der Waals surface area (Å²) in [5, 5.41) is 14.2. The molecule has 0 amide bonds. The zero-order chi connectivity index (χ0) is 11.4. The van der Waals surface area contributed by atoms with Gasteiger partial charge < -0.3 is 9.52 Å². The number of aliphatic hydroxyl groups excluding tert-OH is 1. The number of hydrogen-bond acceptors (Lipinski definition) is 3. The van der Waals surface area contributed by atoms with Gasteiger partial charge in [-0.1, -0.05) is 0 Å². The van der Waals surface area contributed by atoms with Gasteiger partial charge in [-0.25, -0.2) is 0 Å². The molecule has 4 heteroatoms. The molecule has 1 unspecified atom stereocenters. The molecule has 1 atom stereocenters. The van der Waals surface area contributed by atoms with Crippen molar-refractivity contribution in [2.75, 3.05) is 0 Å². The van der Waals surface area contributed by atoms with Crippen molar-refractivity contribution in [2.45, 2.75) is 32.4 Å². The second-order valence-corrected chi connectivity index (χ2v) is 3.71. The van der Waals surface area contributed by atoms with Crippen LogP contribution in [0.4, 0.5) is 0 Å². The first-order chi connectivity index (χ1) is 7.81. The zero-order valence-corrected chi connectivity index (χ0v) is 9.34. The van der Waals surface area contributed by atoms with E-state index in [0.717, 1.165) is 24.4 Å². The predicted molar refractivity (Wildman–Crippen MR) is 59.9 cm³/mol. The van der Waals surface area contributed by atoms with Gasteiger partial charge in [0.2, 0.25) is 0 Å². The largest absolute Gasteiger partial charge is 0.469 e. The van der Waals surface area contributed by atoms with E-state index in [-0.39, 0.29) is 0 Å². The van der Waals surface area contributed by atoms with E-state index in [9.17, 15) is 5.11 Å². The molecule has 0 aliphatic heterocycles. The second-order valence-electron chi connectivity index (χ2n) is 3.71. The lowest BCUT2D eigenvalue weighted by atomic mass is 10.1. The van der Waals surface area contributed by atoms with E-state index in [1.165, 1.54) is 0 Å². The Kier molecular flexibility index (Phi) is 3.41. The summed E-state index contributed by atoms with van der Waals surface area (Å²) in [5.74, 6) is 0.904. The smallest absolute Gasteiger partial charge is 0.103 e.